The van der Waals surface area contributed by atoms with E-state index in [1.54, 1.807) is 0 Å². The van der Waals surface area contributed by atoms with Crippen LogP contribution >= 0.6 is 12.2 Å². The lowest BCUT2D eigenvalue weighted by Gasteiger charge is -2.58. The maximum Gasteiger partial charge on any atom is 0.310 e. The van der Waals surface area contributed by atoms with Crippen molar-refractivity contribution in [2.24, 2.45) is 27.8 Å². The van der Waals surface area contributed by atoms with E-state index in [1.807, 2.05) is 37.3 Å². The van der Waals surface area contributed by atoms with Gasteiger partial charge in [0.05, 0.1) is 5.41 Å². The summed E-state index contributed by atoms with van der Waals surface area (Å²) in [7, 11) is 0. The van der Waals surface area contributed by atoms with Crippen molar-refractivity contribution in [1.29, 1.82) is 0 Å². The number of anilines is 1. The molecule has 0 radical (unpaired) electrons. The number of hydrogen-bond acceptors (Lipinski definition) is 3. The normalized spacial score (nSPS) is 32.2. The van der Waals surface area contributed by atoms with Gasteiger partial charge in [0, 0.05) is 17.8 Å². The number of nitrogens with one attached hydrogen (secondary N) is 2. The number of hydrazone groups is 1. The number of rotatable bonds is 8. The molecular weight excluding hydrogens is 382 g/mol. The number of carbonyl (C=O) groups is 1. The zero-order chi connectivity index (χ0) is 20.5. The summed E-state index contributed by atoms with van der Waals surface area (Å²) in [5.74, 6) is 0.544. The molecule has 29 heavy (non-hydrogen) atoms. The topological polar surface area (TPSA) is 73.7 Å². The molecular formula is C23H29N3O2S. The summed E-state index contributed by atoms with van der Waals surface area (Å²) < 4.78 is 0. The van der Waals surface area contributed by atoms with Crippen molar-refractivity contribution < 1.29 is 9.90 Å². The third kappa shape index (κ3) is 3.48. The lowest BCUT2D eigenvalue weighted by atomic mass is 9.43. The molecule has 0 aromatic heterocycles. The van der Waals surface area contributed by atoms with Gasteiger partial charge >= 0.3 is 5.97 Å². The standard InChI is InChI=1S/C23H29N3O2S/c1-16(25-26-21(29)24-18-9-5-2-6-10-18)8-4-3-7-12-23(20(27)28)19-15-22(23)13-11-17(19)14-22/h2-6,9-10,17,19H,7-8,11-15H2,1H3,(H,27,28)(H2,24,26,29)/b4-3-,25-16?/t17-,19+,22+,23+/m1/s1. The van der Waals surface area contributed by atoms with Gasteiger partial charge in [-0.3, -0.25) is 10.2 Å². The Morgan fingerprint density at radius 1 is 1.31 bits per heavy atom. The monoisotopic (exact) mass is 411 g/mol. The van der Waals surface area contributed by atoms with Crippen LogP contribution in [0.5, 0.6) is 0 Å². The number of hydrogen-bond donors (Lipinski definition) is 3. The number of allylic oxidation sites excluding steroid dienone is 2. The molecule has 0 unspecified atom stereocenters. The first-order valence-corrected chi connectivity index (χ1v) is 10.9. The highest BCUT2D eigenvalue weighted by Gasteiger charge is 2.78. The highest BCUT2D eigenvalue weighted by Crippen LogP contribution is 2.81. The van der Waals surface area contributed by atoms with Crippen molar-refractivity contribution in [2.75, 3.05) is 5.32 Å². The Balaban J connectivity index is 1.22. The second-order valence-electron chi connectivity index (χ2n) is 8.86. The quantitative estimate of drug-likeness (QED) is 0.244. The molecule has 0 saturated heterocycles. The third-order valence-electron chi connectivity index (χ3n) is 7.45. The minimum Gasteiger partial charge on any atom is -0.481 e. The summed E-state index contributed by atoms with van der Waals surface area (Å²) in [5, 5.41) is 17.8. The summed E-state index contributed by atoms with van der Waals surface area (Å²) in [4.78, 5) is 12.1. The van der Waals surface area contributed by atoms with Crippen molar-refractivity contribution in [1.82, 2.24) is 5.43 Å². The van der Waals surface area contributed by atoms with Crippen LogP contribution in [0.4, 0.5) is 5.69 Å². The van der Waals surface area contributed by atoms with Crippen LogP contribution in [0.25, 0.3) is 0 Å². The van der Waals surface area contributed by atoms with E-state index in [2.05, 4.69) is 28.0 Å². The number of nitrogens with zero attached hydrogens (tertiary/aromatic N) is 1. The van der Waals surface area contributed by atoms with Gasteiger partial charge in [0.15, 0.2) is 5.11 Å². The van der Waals surface area contributed by atoms with Gasteiger partial charge in [0.2, 0.25) is 0 Å². The van der Waals surface area contributed by atoms with Crippen molar-refractivity contribution in [3.8, 4) is 0 Å². The van der Waals surface area contributed by atoms with Crippen LogP contribution in [-0.4, -0.2) is 21.9 Å². The number of carboxylic acids is 1. The van der Waals surface area contributed by atoms with Gasteiger partial charge in [-0.15, -0.1) is 0 Å². The third-order valence-corrected chi connectivity index (χ3v) is 7.65. The van der Waals surface area contributed by atoms with Gasteiger partial charge in [0.25, 0.3) is 0 Å². The van der Waals surface area contributed by atoms with Crippen LogP contribution < -0.4 is 10.7 Å². The van der Waals surface area contributed by atoms with E-state index in [0.717, 1.165) is 49.9 Å². The zero-order valence-electron chi connectivity index (χ0n) is 16.9. The molecule has 3 N–H and O–H groups in total. The van der Waals surface area contributed by atoms with Gasteiger partial charge in [-0.2, -0.15) is 5.10 Å². The van der Waals surface area contributed by atoms with Crippen LogP contribution in [0.2, 0.25) is 0 Å². The second-order valence-corrected chi connectivity index (χ2v) is 9.27. The molecule has 1 aromatic carbocycles. The molecule has 4 aliphatic carbocycles. The summed E-state index contributed by atoms with van der Waals surface area (Å²) in [6.07, 6.45) is 11.2. The van der Waals surface area contributed by atoms with Crippen molar-refractivity contribution >= 4 is 34.7 Å². The molecule has 5 rings (SSSR count). The van der Waals surface area contributed by atoms with E-state index in [-0.39, 0.29) is 5.41 Å². The largest absolute Gasteiger partial charge is 0.481 e. The molecule has 0 aliphatic heterocycles. The summed E-state index contributed by atoms with van der Waals surface area (Å²) in [5.41, 5.74) is 4.38. The van der Waals surface area contributed by atoms with Gasteiger partial charge in [-0.1, -0.05) is 30.4 Å². The van der Waals surface area contributed by atoms with Crippen molar-refractivity contribution in [3.05, 3.63) is 42.5 Å². The fourth-order valence-corrected chi connectivity index (χ4v) is 6.37. The maximum absolute atomic E-state index is 12.1. The van der Waals surface area contributed by atoms with Crippen LogP contribution in [0.1, 0.15) is 51.9 Å². The van der Waals surface area contributed by atoms with Crippen molar-refractivity contribution in [2.45, 2.75) is 51.9 Å². The predicted octanol–water partition coefficient (Wildman–Crippen LogP) is 4.97. The number of carboxylic acid groups (broad SMARTS) is 1. The number of benzene rings is 1. The van der Waals surface area contributed by atoms with E-state index >= 15 is 0 Å². The molecule has 4 fully saturated rings. The molecule has 4 atom stereocenters. The molecule has 1 spiro atoms. The van der Waals surface area contributed by atoms with Crippen LogP contribution in [-0.2, 0) is 4.79 Å². The molecule has 6 heteroatoms. The minimum atomic E-state index is -0.550. The summed E-state index contributed by atoms with van der Waals surface area (Å²) in [6, 6.07) is 9.72. The lowest BCUT2D eigenvalue weighted by Crippen LogP contribution is -2.59. The Kier molecular flexibility index (Phi) is 5.47. The van der Waals surface area contributed by atoms with E-state index < -0.39 is 11.4 Å². The van der Waals surface area contributed by atoms with E-state index in [1.165, 1.54) is 6.42 Å². The molecule has 5 nitrogen and oxygen atoms in total. The van der Waals surface area contributed by atoms with Gasteiger partial charge in [0.1, 0.15) is 0 Å². The first-order valence-electron chi connectivity index (χ1n) is 10.5. The van der Waals surface area contributed by atoms with Crippen LogP contribution in [0.3, 0.4) is 0 Å². The number of thiocarbonyl (C=S) groups is 1. The van der Waals surface area contributed by atoms with Crippen molar-refractivity contribution in [3.63, 3.8) is 0 Å². The van der Waals surface area contributed by atoms with Gasteiger partial charge in [-0.05, 0) is 87.1 Å². The Bertz CT molecular complexity index is 849. The Hall–Kier alpha value is -2.21. The fraction of sp³-hybridized carbons (Fsp3) is 0.522. The molecule has 4 aliphatic rings. The average molecular weight is 412 g/mol. The first kappa shape index (κ1) is 20.1. The molecule has 0 amide bonds. The Morgan fingerprint density at radius 2 is 2.10 bits per heavy atom. The highest BCUT2D eigenvalue weighted by molar-refractivity contribution is 7.80. The van der Waals surface area contributed by atoms with Crippen LogP contribution in [0, 0.1) is 22.7 Å². The zero-order valence-corrected chi connectivity index (χ0v) is 17.7. The second kappa shape index (κ2) is 7.90. The fourth-order valence-electron chi connectivity index (χ4n) is 6.21. The predicted molar refractivity (Wildman–Crippen MR) is 120 cm³/mol. The molecule has 1 aromatic rings. The van der Waals surface area contributed by atoms with Gasteiger partial charge < -0.3 is 10.4 Å². The number of aliphatic carboxylic acids is 1. The smallest absolute Gasteiger partial charge is 0.310 e. The molecule has 154 valence electrons. The Labute approximate surface area is 177 Å². The minimum absolute atomic E-state index is 0.116. The van der Waals surface area contributed by atoms with E-state index in [4.69, 9.17) is 12.2 Å². The Morgan fingerprint density at radius 3 is 2.72 bits per heavy atom. The summed E-state index contributed by atoms with van der Waals surface area (Å²) >= 11 is 5.24. The molecule has 4 saturated carbocycles. The summed E-state index contributed by atoms with van der Waals surface area (Å²) in [6.45, 7) is 1.95. The first-order chi connectivity index (χ1) is 14.0. The molecule has 0 heterocycles. The van der Waals surface area contributed by atoms with Crippen LogP contribution in [0.15, 0.2) is 47.6 Å². The maximum atomic E-state index is 12.1. The number of para-hydroxylation sites is 1. The van der Waals surface area contributed by atoms with E-state index in [9.17, 15) is 9.90 Å². The van der Waals surface area contributed by atoms with E-state index in [0.29, 0.717) is 16.9 Å². The SMILES string of the molecule is CC(C/C=C\CC[C@@]1(C(=O)O)[C@H]2C[C@@]13CC[C@@H]2C3)=NNC(=S)Nc1ccccc1. The molecule has 3 bridgehead atoms. The lowest BCUT2D eigenvalue weighted by molar-refractivity contribution is -0.188. The highest BCUT2D eigenvalue weighted by atomic mass is 32.1. The van der Waals surface area contributed by atoms with Gasteiger partial charge in [-0.25, -0.2) is 0 Å². The average Bonchev–Trinajstić information content (AvgIpc) is 3.37.